The van der Waals surface area contributed by atoms with E-state index in [9.17, 15) is 4.79 Å². The summed E-state index contributed by atoms with van der Waals surface area (Å²) in [7, 11) is 0. The Bertz CT molecular complexity index is 438. The molecule has 4 heteroatoms. The molecule has 0 aliphatic carbocycles. The summed E-state index contributed by atoms with van der Waals surface area (Å²) in [5.41, 5.74) is 1.90. The maximum atomic E-state index is 12.3. The van der Waals surface area contributed by atoms with Gasteiger partial charge >= 0.3 is 0 Å². The molecule has 0 amide bonds. The largest absolute Gasteiger partial charge is 0.312 e. The Morgan fingerprint density at radius 2 is 2.05 bits per heavy atom. The van der Waals surface area contributed by atoms with Crippen LogP contribution in [0.2, 0.25) is 0 Å². The van der Waals surface area contributed by atoms with E-state index in [1.807, 2.05) is 6.07 Å². The van der Waals surface area contributed by atoms with Crippen molar-refractivity contribution in [1.29, 1.82) is 0 Å². The second-order valence-corrected chi connectivity index (χ2v) is 5.31. The predicted molar refractivity (Wildman–Crippen MR) is 79.5 cm³/mol. The molecule has 1 aromatic rings. The first-order valence-corrected chi connectivity index (χ1v) is 7.41. The summed E-state index contributed by atoms with van der Waals surface area (Å²) in [4.78, 5) is 12.3. The highest BCUT2D eigenvalue weighted by Crippen LogP contribution is 2.11. The molecule has 0 aromatic carbocycles. The van der Waals surface area contributed by atoms with Crippen LogP contribution in [0.3, 0.4) is 0 Å². The van der Waals surface area contributed by atoms with Crippen LogP contribution < -0.4 is 10.9 Å². The van der Waals surface area contributed by atoms with Crippen molar-refractivity contribution in [3.63, 3.8) is 0 Å². The van der Waals surface area contributed by atoms with E-state index in [0.717, 1.165) is 43.6 Å². The number of nitrogens with zero attached hydrogens (tertiary/aromatic N) is 2. The number of hydrogen-bond acceptors (Lipinski definition) is 3. The molecule has 0 spiro atoms. The van der Waals surface area contributed by atoms with E-state index < -0.39 is 0 Å². The Labute approximate surface area is 116 Å². The third kappa shape index (κ3) is 4.78. The van der Waals surface area contributed by atoms with Crippen LogP contribution in [0.5, 0.6) is 0 Å². The van der Waals surface area contributed by atoms with Gasteiger partial charge in [0.2, 0.25) is 0 Å². The lowest BCUT2D eigenvalue weighted by atomic mass is 10.1. The van der Waals surface area contributed by atoms with Gasteiger partial charge in [0.25, 0.3) is 5.56 Å². The van der Waals surface area contributed by atoms with Gasteiger partial charge in [-0.05, 0) is 31.4 Å². The quantitative estimate of drug-likeness (QED) is 0.735. The minimum Gasteiger partial charge on any atom is -0.312 e. The third-order valence-electron chi connectivity index (χ3n) is 3.12. The Morgan fingerprint density at radius 1 is 1.32 bits per heavy atom. The molecule has 0 aliphatic rings. The molecular weight excluding hydrogens is 238 g/mol. The molecule has 19 heavy (non-hydrogen) atoms. The molecule has 4 nitrogen and oxygen atoms in total. The van der Waals surface area contributed by atoms with E-state index in [-0.39, 0.29) is 5.56 Å². The molecular formula is C15H27N3O. The van der Waals surface area contributed by atoms with Crippen LogP contribution in [-0.4, -0.2) is 16.3 Å². The number of unbranched alkanes of at least 4 members (excludes halogenated alkanes) is 1. The molecule has 0 fully saturated rings. The standard InChI is InChI=1S/C15H27N3O/c1-5-7-9-18-15(19)13(11-16-8-6-2)10-14(17-18)12(3)4/h10,12,16H,5-9,11H2,1-4H3. The van der Waals surface area contributed by atoms with Gasteiger partial charge in [-0.15, -0.1) is 0 Å². The van der Waals surface area contributed by atoms with E-state index in [1.54, 1.807) is 4.68 Å². The maximum Gasteiger partial charge on any atom is 0.271 e. The lowest BCUT2D eigenvalue weighted by Gasteiger charge is -2.12. The van der Waals surface area contributed by atoms with Gasteiger partial charge in [0.15, 0.2) is 0 Å². The second-order valence-electron chi connectivity index (χ2n) is 5.31. The van der Waals surface area contributed by atoms with Crippen LogP contribution >= 0.6 is 0 Å². The fourth-order valence-electron chi connectivity index (χ4n) is 1.89. The van der Waals surface area contributed by atoms with Crippen molar-refractivity contribution in [2.45, 2.75) is 66.0 Å². The van der Waals surface area contributed by atoms with Gasteiger partial charge in [0, 0.05) is 18.7 Å². The van der Waals surface area contributed by atoms with Crippen LogP contribution in [-0.2, 0) is 13.1 Å². The van der Waals surface area contributed by atoms with Gasteiger partial charge in [0.1, 0.15) is 0 Å². The molecule has 1 rings (SSSR count). The summed E-state index contributed by atoms with van der Waals surface area (Å²) < 4.78 is 1.64. The highest BCUT2D eigenvalue weighted by molar-refractivity contribution is 5.16. The number of rotatable bonds is 8. The Kier molecular flexibility index (Phi) is 6.78. The van der Waals surface area contributed by atoms with Crippen molar-refractivity contribution >= 4 is 0 Å². The maximum absolute atomic E-state index is 12.3. The molecule has 0 radical (unpaired) electrons. The number of nitrogens with one attached hydrogen (secondary N) is 1. The zero-order valence-electron chi connectivity index (χ0n) is 12.7. The molecule has 1 N–H and O–H groups in total. The SMILES string of the molecule is CCCCn1nc(C(C)C)cc(CNCCC)c1=O. The van der Waals surface area contributed by atoms with Crippen molar-refractivity contribution < 1.29 is 0 Å². The minimum atomic E-state index is 0.0569. The van der Waals surface area contributed by atoms with Gasteiger partial charge in [0.05, 0.1) is 5.69 Å². The molecule has 0 atom stereocenters. The Balaban J connectivity index is 2.99. The summed E-state index contributed by atoms with van der Waals surface area (Å²) in [6.45, 7) is 10.8. The van der Waals surface area contributed by atoms with Crippen molar-refractivity contribution in [2.24, 2.45) is 0 Å². The van der Waals surface area contributed by atoms with Crippen LogP contribution in [0.4, 0.5) is 0 Å². The lowest BCUT2D eigenvalue weighted by molar-refractivity contribution is 0.517. The first kappa shape index (κ1) is 15.9. The highest BCUT2D eigenvalue weighted by atomic mass is 16.1. The zero-order chi connectivity index (χ0) is 14.3. The van der Waals surface area contributed by atoms with Gasteiger partial charge in [-0.1, -0.05) is 34.1 Å². The molecule has 0 aliphatic heterocycles. The Morgan fingerprint density at radius 3 is 2.63 bits per heavy atom. The average Bonchev–Trinajstić information content (AvgIpc) is 2.39. The third-order valence-corrected chi connectivity index (χ3v) is 3.12. The molecule has 1 heterocycles. The van der Waals surface area contributed by atoms with E-state index in [2.05, 4.69) is 38.1 Å². The molecule has 0 unspecified atom stereocenters. The number of hydrogen-bond donors (Lipinski definition) is 1. The monoisotopic (exact) mass is 265 g/mol. The topological polar surface area (TPSA) is 46.9 Å². The van der Waals surface area contributed by atoms with Gasteiger partial charge in [-0.2, -0.15) is 5.10 Å². The summed E-state index contributed by atoms with van der Waals surface area (Å²) >= 11 is 0. The van der Waals surface area contributed by atoms with Gasteiger partial charge in [-0.3, -0.25) is 4.79 Å². The van der Waals surface area contributed by atoms with Crippen LogP contribution in [0.1, 0.15) is 64.1 Å². The summed E-state index contributed by atoms with van der Waals surface area (Å²) in [6.07, 6.45) is 3.14. The lowest BCUT2D eigenvalue weighted by Crippen LogP contribution is -2.30. The normalized spacial score (nSPS) is 11.2. The summed E-state index contributed by atoms with van der Waals surface area (Å²) in [6, 6.07) is 1.96. The number of aromatic nitrogens is 2. The van der Waals surface area contributed by atoms with Gasteiger partial charge < -0.3 is 5.32 Å². The first-order chi connectivity index (χ1) is 9.10. The Hall–Kier alpha value is -1.16. The summed E-state index contributed by atoms with van der Waals surface area (Å²) in [5.74, 6) is 0.346. The van der Waals surface area contributed by atoms with Crippen molar-refractivity contribution in [2.75, 3.05) is 6.54 Å². The van der Waals surface area contributed by atoms with E-state index >= 15 is 0 Å². The van der Waals surface area contributed by atoms with Crippen molar-refractivity contribution in [1.82, 2.24) is 15.1 Å². The fourth-order valence-corrected chi connectivity index (χ4v) is 1.89. The minimum absolute atomic E-state index is 0.0569. The second kappa shape index (κ2) is 8.10. The van der Waals surface area contributed by atoms with E-state index in [0.29, 0.717) is 12.5 Å². The molecule has 0 saturated carbocycles. The van der Waals surface area contributed by atoms with E-state index in [1.165, 1.54) is 0 Å². The van der Waals surface area contributed by atoms with Crippen LogP contribution in [0.15, 0.2) is 10.9 Å². The summed E-state index contributed by atoms with van der Waals surface area (Å²) in [5, 5.41) is 7.78. The predicted octanol–water partition coefficient (Wildman–Crippen LogP) is 2.67. The van der Waals surface area contributed by atoms with E-state index in [4.69, 9.17) is 0 Å². The number of aryl methyl sites for hydroxylation is 1. The van der Waals surface area contributed by atoms with Crippen LogP contribution in [0, 0.1) is 0 Å². The average molecular weight is 265 g/mol. The molecule has 108 valence electrons. The molecule has 0 bridgehead atoms. The zero-order valence-corrected chi connectivity index (χ0v) is 12.7. The smallest absolute Gasteiger partial charge is 0.271 e. The van der Waals surface area contributed by atoms with Gasteiger partial charge in [-0.25, -0.2) is 4.68 Å². The van der Waals surface area contributed by atoms with Crippen molar-refractivity contribution in [3.8, 4) is 0 Å². The van der Waals surface area contributed by atoms with Crippen molar-refractivity contribution in [3.05, 3.63) is 27.7 Å². The fraction of sp³-hybridized carbons (Fsp3) is 0.733. The molecule has 1 aromatic heterocycles. The highest BCUT2D eigenvalue weighted by Gasteiger charge is 2.10. The first-order valence-electron chi connectivity index (χ1n) is 7.41. The molecule has 0 saturated heterocycles. The van der Waals surface area contributed by atoms with Crippen LogP contribution in [0.25, 0.3) is 0 Å².